The molecule has 0 aromatic heterocycles. The van der Waals surface area contributed by atoms with E-state index in [9.17, 15) is 9.59 Å². The van der Waals surface area contributed by atoms with Gasteiger partial charge in [-0.25, -0.2) is 0 Å². The predicted molar refractivity (Wildman–Crippen MR) is 89.5 cm³/mol. The quantitative estimate of drug-likeness (QED) is 0.455. The third-order valence-electron chi connectivity index (χ3n) is 4.08. The molecule has 1 aromatic rings. The van der Waals surface area contributed by atoms with Crippen molar-refractivity contribution >= 4 is 12.2 Å². The molecule has 5 nitrogen and oxygen atoms in total. The Balaban J connectivity index is 1.74. The van der Waals surface area contributed by atoms with Crippen molar-refractivity contribution in [3.05, 3.63) is 29.8 Å². The standard InChI is InChI=1S/C18H26N2O3/c1-14(22)18(16-8-9-16)20-11-12-23-17-7-3-2-5-15(17)6-4-10-19-13-21/h2-3,5,7,13,16,18,20H,4,6,8-12H2,1H3,(H,19,21). The van der Waals surface area contributed by atoms with Gasteiger partial charge in [0.25, 0.3) is 0 Å². The SMILES string of the molecule is CC(=O)C(NCCOc1ccccc1CCCNC=O)C1CC1. The van der Waals surface area contributed by atoms with Crippen molar-refractivity contribution < 1.29 is 14.3 Å². The van der Waals surface area contributed by atoms with Crippen molar-refractivity contribution in [2.45, 2.75) is 38.6 Å². The highest BCUT2D eigenvalue weighted by Gasteiger charge is 2.33. The molecule has 0 aliphatic heterocycles. The first-order chi connectivity index (χ1) is 11.2. The Kier molecular flexibility index (Phi) is 7.07. The Morgan fingerprint density at radius 3 is 2.83 bits per heavy atom. The van der Waals surface area contributed by atoms with Crippen LogP contribution in [0.3, 0.4) is 0 Å². The van der Waals surface area contributed by atoms with E-state index in [1.165, 1.54) is 0 Å². The molecule has 23 heavy (non-hydrogen) atoms. The highest BCUT2D eigenvalue weighted by atomic mass is 16.5. The van der Waals surface area contributed by atoms with Crippen molar-refractivity contribution in [1.29, 1.82) is 0 Å². The fourth-order valence-electron chi connectivity index (χ4n) is 2.74. The van der Waals surface area contributed by atoms with Gasteiger partial charge < -0.3 is 15.4 Å². The summed E-state index contributed by atoms with van der Waals surface area (Å²) in [5, 5.41) is 5.97. The van der Waals surface area contributed by atoms with Crippen LogP contribution in [0, 0.1) is 5.92 Å². The van der Waals surface area contributed by atoms with Crippen LogP contribution in [0.4, 0.5) is 0 Å². The number of nitrogens with one attached hydrogen (secondary N) is 2. The van der Waals surface area contributed by atoms with Crippen molar-refractivity contribution in [2.75, 3.05) is 19.7 Å². The lowest BCUT2D eigenvalue weighted by Gasteiger charge is -2.16. The molecule has 1 aromatic carbocycles. The van der Waals surface area contributed by atoms with Crippen molar-refractivity contribution in [2.24, 2.45) is 5.92 Å². The maximum atomic E-state index is 11.6. The molecule has 2 rings (SSSR count). The molecule has 1 aliphatic rings. The number of carbonyl (C=O) groups is 2. The van der Waals surface area contributed by atoms with Gasteiger partial charge in [0.05, 0.1) is 6.04 Å². The molecular formula is C18H26N2O3. The van der Waals surface area contributed by atoms with Crippen LogP contribution in [-0.4, -0.2) is 37.9 Å². The van der Waals surface area contributed by atoms with E-state index < -0.39 is 0 Å². The highest BCUT2D eigenvalue weighted by Crippen LogP contribution is 2.32. The minimum Gasteiger partial charge on any atom is -0.492 e. The number of hydrogen-bond donors (Lipinski definition) is 2. The normalized spacial score (nSPS) is 15.0. The zero-order chi connectivity index (χ0) is 16.5. The first-order valence-electron chi connectivity index (χ1n) is 8.34. The van der Waals surface area contributed by atoms with Gasteiger partial charge in [0, 0.05) is 13.1 Å². The summed E-state index contributed by atoms with van der Waals surface area (Å²) in [6.45, 7) is 3.53. The van der Waals surface area contributed by atoms with Gasteiger partial charge in [-0.3, -0.25) is 9.59 Å². The Bertz CT molecular complexity index is 515. The third kappa shape index (κ3) is 6.02. The molecular weight excluding hydrogens is 292 g/mol. The van der Waals surface area contributed by atoms with E-state index in [0.717, 1.165) is 43.4 Å². The van der Waals surface area contributed by atoms with Gasteiger partial charge in [0.2, 0.25) is 6.41 Å². The van der Waals surface area contributed by atoms with Gasteiger partial charge in [-0.2, -0.15) is 0 Å². The largest absolute Gasteiger partial charge is 0.492 e. The van der Waals surface area contributed by atoms with Crippen LogP contribution >= 0.6 is 0 Å². The molecule has 1 aliphatic carbocycles. The number of Topliss-reactive ketones (excluding diaryl/α,β-unsaturated/α-hetero) is 1. The molecule has 0 saturated heterocycles. The van der Waals surface area contributed by atoms with E-state index >= 15 is 0 Å². The lowest BCUT2D eigenvalue weighted by Crippen LogP contribution is -2.39. The van der Waals surface area contributed by atoms with E-state index in [1.54, 1.807) is 6.92 Å². The first kappa shape index (κ1) is 17.5. The summed E-state index contributed by atoms with van der Waals surface area (Å²) in [7, 11) is 0. The molecule has 1 fully saturated rings. The number of para-hydroxylation sites is 1. The highest BCUT2D eigenvalue weighted by molar-refractivity contribution is 5.82. The predicted octanol–water partition coefficient (Wildman–Crippen LogP) is 1.70. The lowest BCUT2D eigenvalue weighted by atomic mass is 10.1. The zero-order valence-corrected chi connectivity index (χ0v) is 13.7. The number of aryl methyl sites for hydroxylation is 1. The van der Waals surface area contributed by atoms with Crippen molar-refractivity contribution in [1.82, 2.24) is 10.6 Å². The summed E-state index contributed by atoms with van der Waals surface area (Å²) in [5.74, 6) is 1.62. The molecule has 1 saturated carbocycles. The number of hydrogen-bond acceptors (Lipinski definition) is 4. The molecule has 1 atom stereocenters. The van der Waals surface area contributed by atoms with E-state index in [4.69, 9.17) is 4.74 Å². The molecule has 0 bridgehead atoms. The molecule has 0 spiro atoms. The van der Waals surface area contributed by atoms with Crippen LogP contribution in [0.25, 0.3) is 0 Å². The fourth-order valence-corrected chi connectivity index (χ4v) is 2.74. The molecule has 2 N–H and O–H groups in total. The topological polar surface area (TPSA) is 67.4 Å². The monoisotopic (exact) mass is 318 g/mol. The van der Waals surface area contributed by atoms with Crippen LogP contribution in [0.15, 0.2) is 24.3 Å². The number of ketones is 1. The van der Waals surface area contributed by atoms with Crippen LogP contribution < -0.4 is 15.4 Å². The van der Waals surface area contributed by atoms with Crippen molar-refractivity contribution in [3.8, 4) is 5.75 Å². The molecule has 1 unspecified atom stereocenters. The Morgan fingerprint density at radius 1 is 1.35 bits per heavy atom. The molecule has 0 radical (unpaired) electrons. The number of benzene rings is 1. The number of ether oxygens (including phenoxy) is 1. The summed E-state index contributed by atoms with van der Waals surface area (Å²) in [4.78, 5) is 21.8. The number of rotatable bonds is 12. The van der Waals surface area contributed by atoms with Gasteiger partial charge in [0.1, 0.15) is 18.1 Å². The van der Waals surface area contributed by atoms with Gasteiger partial charge >= 0.3 is 0 Å². The first-order valence-corrected chi connectivity index (χ1v) is 8.34. The van der Waals surface area contributed by atoms with Crippen LogP contribution in [0.5, 0.6) is 5.75 Å². The Morgan fingerprint density at radius 2 is 2.13 bits per heavy atom. The number of amides is 1. The minimum atomic E-state index is -0.0109. The van der Waals surface area contributed by atoms with Gasteiger partial charge in [0.15, 0.2) is 0 Å². The second kappa shape index (κ2) is 9.30. The summed E-state index contributed by atoms with van der Waals surface area (Å²) in [6.07, 6.45) is 4.76. The average Bonchev–Trinajstić information content (AvgIpc) is 3.37. The van der Waals surface area contributed by atoms with Gasteiger partial charge in [-0.15, -0.1) is 0 Å². The second-order valence-corrected chi connectivity index (χ2v) is 6.01. The van der Waals surface area contributed by atoms with Gasteiger partial charge in [-0.1, -0.05) is 18.2 Å². The maximum Gasteiger partial charge on any atom is 0.207 e. The molecule has 126 valence electrons. The summed E-state index contributed by atoms with van der Waals surface area (Å²) >= 11 is 0. The molecule has 1 amide bonds. The van der Waals surface area contributed by atoms with E-state index in [2.05, 4.69) is 10.6 Å². The second-order valence-electron chi connectivity index (χ2n) is 6.01. The summed E-state index contributed by atoms with van der Waals surface area (Å²) < 4.78 is 5.86. The average molecular weight is 318 g/mol. The zero-order valence-electron chi connectivity index (χ0n) is 13.7. The summed E-state index contributed by atoms with van der Waals surface area (Å²) in [5.41, 5.74) is 1.14. The van der Waals surface area contributed by atoms with E-state index in [-0.39, 0.29) is 11.8 Å². The lowest BCUT2D eigenvalue weighted by molar-refractivity contribution is -0.119. The Labute approximate surface area is 137 Å². The third-order valence-corrected chi connectivity index (χ3v) is 4.08. The minimum absolute atomic E-state index is 0.0109. The summed E-state index contributed by atoms with van der Waals surface area (Å²) in [6, 6.07) is 7.95. The smallest absolute Gasteiger partial charge is 0.207 e. The van der Waals surface area contributed by atoms with E-state index in [1.807, 2.05) is 24.3 Å². The van der Waals surface area contributed by atoms with Crippen LogP contribution in [0.2, 0.25) is 0 Å². The molecule has 0 heterocycles. The Hall–Kier alpha value is -1.88. The molecule has 5 heteroatoms. The maximum absolute atomic E-state index is 11.6. The van der Waals surface area contributed by atoms with E-state index in [0.29, 0.717) is 25.6 Å². The van der Waals surface area contributed by atoms with Gasteiger partial charge in [-0.05, 0) is 50.2 Å². The van der Waals surface area contributed by atoms with Crippen LogP contribution in [-0.2, 0) is 16.0 Å². The fraction of sp³-hybridized carbons (Fsp3) is 0.556. The van der Waals surface area contributed by atoms with Crippen LogP contribution in [0.1, 0.15) is 31.7 Å². The number of carbonyl (C=O) groups excluding carboxylic acids is 2. The van der Waals surface area contributed by atoms with Crippen molar-refractivity contribution in [3.63, 3.8) is 0 Å².